The van der Waals surface area contributed by atoms with Crippen LogP contribution in [0, 0.1) is 15.9 Å². The molecule has 2 aromatic carbocycles. The molecule has 5 rings (SSSR count). The van der Waals surface area contributed by atoms with E-state index in [-0.39, 0.29) is 28.7 Å². The number of nitrogens with zero attached hydrogens (tertiary/aromatic N) is 3. The molecule has 1 fully saturated rings. The fourth-order valence-corrected chi connectivity index (χ4v) is 5.25. The molecule has 10 heteroatoms. The highest BCUT2D eigenvalue weighted by molar-refractivity contribution is 7.15. The van der Waals surface area contributed by atoms with E-state index >= 15 is 0 Å². The minimum absolute atomic E-state index is 0.00971. The lowest BCUT2D eigenvalue weighted by atomic mass is 10.1. The van der Waals surface area contributed by atoms with Gasteiger partial charge in [-0.05, 0) is 18.2 Å². The van der Waals surface area contributed by atoms with E-state index in [4.69, 9.17) is 9.47 Å². The van der Waals surface area contributed by atoms with Gasteiger partial charge in [-0.2, -0.15) is 0 Å². The second-order valence-electron chi connectivity index (χ2n) is 8.08. The van der Waals surface area contributed by atoms with Crippen LogP contribution < -0.4 is 9.47 Å². The van der Waals surface area contributed by atoms with Gasteiger partial charge in [0, 0.05) is 54.1 Å². The number of halogens is 1. The van der Waals surface area contributed by atoms with Crippen molar-refractivity contribution in [1.29, 1.82) is 0 Å². The van der Waals surface area contributed by atoms with Crippen LogP contribution in [0.4, 0.5) is 10.1 Å². The number of nitro benzene ring substituents is 1. The van der Waals surface area contributed by atoms with E-state index in [1.807, 2.05) is 18.2 Å². The average Bonchev–Trinajstić information content (AvgIpc) is 3.31. The Kier molecular flexibility index (Phi) is 6.16. The molecule has 2 aliphatic heterocycles. The molecular formula is C24H22FN3O5S. The fourth-order valence-electron chi connectivity index (χ4n) is 4.17. The van der Waals surface area contributed by atoms with Gasteiger partial charge < -0.3 is 14.4 Å². The zero-order chi connectivity index (χ0) is 23.7. The Hall–Kier alpha value is -3.50. The van der Waals surface area contributed by atoms with Crippen molar-refractivity contribution >= 4 is 22.9 Å². The van der Waals surface area contributed by atoms with Crippen molar-refractivity contribution in [1.82, 2.24) is 9.80 Å². The van der Waals surface area contributed by atoms with E-state index < -0.39 is 4.92 Å². The second-order valence-corrected chi connectivity index (χ2v) is 9.25. The van der Waals surface area contributed by atoms with Gasteiger partial charge in [-0.3, -0.25) is 19.8 Å². The van der Waals surface area contributed by atoms with Gasteiger partial charge in [0.2, 0.25) is 0 Å². The molecule has 1 amide bonds. The number of benzene rings is 2. The summed E-state index contributed by atoms with van der Waals surface area (Å²) in [7, 11) is 0. The van der Waals surface area contributed by atoms with Crippen molar-refractivity contribution in [2.24, 2.45) is 0 Å². The van der Waals surface area contributed by atoms with Gasteiger partial charge in [-0.1, -0.05) is 18.2 Å². The van der Waals surface area contributed by atoms with Crippen LogP contribution in [0.1, 0.15) is 15.2 Å². The van der Waals surface area contributed by atoms with E-state index in [1.165, 1.54) is 18.2 Å². The summed E-state index contributed by atoms with van der Waals surface area (Å²) in [4.78, 5) is 30.0. The van der Waals surface area contributed by atoms with Crippen LogP contribution in [-0.2, 0) is 6.54 Å². The Morgan fingerprint density at radius 2 is 1.74 bits per heavy atom. The third-order valence-corrected chi connectivity index (χ3v) is 7.03. The number of ether oxygens (including phenoxy) is 2. The zero-order valence-corrected chi connectivity index (χ0v) is 19.1. The number of amides is 1. The van der Waals surface area contributed by atoms with Gasteiger partial charge in [0.05, 0.1) is 11.0 Å². The highest BCUT2D eigenvalue weighted by atomic mass is 32.1. The molecule has 2 aliphatic rings. The van der Waals surface area contributed by atoms with Crippen molar-refractivity contribution in [3.63, 3.8) is 0 Å². The van der Waals surface area contributed by atoms with Gasteiger partial charge in [0.1, 0.15) is 24.6 Å². The number of hydrogen-bond donors (Lipinski definition) is 0. The normalized spacial score (nSPS) is 15.9. The van der Waals surface area contributed by atoms with Crippen LogP contribution in [0.5, 0.6) is 11.5 Å². The number of fused-ring (bicyclic) bond motifs is 1. The average molecular weight is 484 g/mol. The van der Waals surface area contributed by atoms with Crippen LogP contribution in [-0.4, -0.2) is 60.0 Å². The van der Waals surface area contributed by atoms with Crippen LogP contribution in [0.15, 0.2) is 48.5 Å². The van der Waals surface area contributed by atoms with Gasteiger partial charge in [0.15, 0.2) is 11.5 Å². The molecule has 0 atom stereocenters. The van der Waals surface area contributed by atoms with E-state index in [1.54, 1.807) is 28.4 Å². The maximum absolute atomic E-state index is 14.1. The Bertz CT molecular complexity index is 1240. The predicted octanol–water partition coefficient (Wildman–Crippen LogP) is 4.19. The molecule has 3 heterocycles. The third-order valence-electron chi connectivity index (χ3n) is 5.93. The quantitative estimate of drug-likeness (QED) is 0.400. The molecule has 0 radical (unpaired) electrons. The van der Waals surface area contributed by atoms with Crippen LogP contribution in [0.2, 0.25) is 0 Å². The largest absolute Gasteiger partial charge is 0.486 e. The first-order valence-electron chi connectivity index (χ1n) is 10.9. The highest BCUT2D eigenvalue weighted by Crippen LogP contribution is 2.37. The minimum Gasteiger partial charge on any atom is -0.486 e. The maximum atomic E-state index is 14.1. The van der Waals surface area contributed by atoms with Gasteiger partial charge in [-0.15, -0.1) is 11.3 Å². The van der Waals surface area contributed by atoms with E-state index in [0.29, 0.717) is 57.3 Å². The summed E-state index contributed by atoms with van der Waals surface area (Å²) in [6, 6.07) is 13.3. The molecule has 34 heavy (non-hydrogen) atoms. The van der Waals surface area contributed by atoms with Crippen molar-refractivity contribution in [2.45, 2.75) is 6.54 Å². The van der Waals surface area contributed by atoms with E-state index in [0.717, 1.165) is 9.75 Å². The summed E-state index contributed by atoms with van der Waals surface area (Å²) < 4.78 is 25.0. The first kappa shape index (κ1) is 22.3. The molecule has 8 nitrogen and oxygen atoms in total. The molecule has 0 bridgehead atoms. The number of hydrogen-bond acceptors (Lipinski definition) is 7. The minimum atomic E-state index is -0.564. The Morgan fingerprint density at radius 3 is 2.44 bits per heavy atom. The number of rotatable bonds is 5. The fraction of sp³-hybridized carbons (Fsp3) is 0.292. The molecule has 1 aromatic heterocycles. The Labute approximate surface area is 199 Å². The lowest BCUT2D eigenvalue weighted by Gasteiger charge is -2.34. The number of carbonyl (C=O) groups is 1. The van der Waals surface area contributed by atoms with Crippen molar-refractivity contribution in [2.75, 3.05) is 39.4 Å². The smallest absolute Gasteiger partial charge is 0.286 e. The molecule has 0 saturated carbocycles. The highest BCUT2D eigenvalue weighted by Gasteiger charge is 2.31. The SMILES string of the molecule is O=C(c1cc2c(cc1[N+](=O)[O-])OCCO2)N1CCN(Cc2ccc(-c3ccccc3F)s2)CC1. The van der Waals surface area contributed by atoms with E-state index in [2.05, 4.69) is 4.90 Å². The molecule has 176 valence electrons. The summed E-state index contributed by atoms with van der Waals surface area (Å²) in [5.74, 6) is 0.00440. The number of thiophene rings is 1. The molecule has 0 spiro atoms. The standard InChI is InChI=1S/C24H22FN3O5S/c25-19-4-2-1-3-17(19)23-6-5-16(34-23)15-26-7-9-27(10-8-26)24(29)18-13-21-22(33-12-11-32-21)14-20(18)28(30)31/h1-6,13-14H,7-12,15H2. The van der Waals surface area contributed by atoms with Crippen LogP contribution in [0.25, 0.3) is 10.4 Å². The van der Waals surface area contributed by atoms with Crippen LogP contribution in [0.3, 0.4) is 0 Å². The van der Waals surface area contributed by atoms with Gasteiger partial charge in [0.25, 0.3) is 11.6 Å². The molecule has 0 aliphatic carbocycles. The maximum Gasteiger partial charge on any atom is 0.286 e. The summed E-state index contributed by atoms with van der Waals surface area (Å²) in [5, 5.41) is 11.6. The monoisotopic (exact) mass is 483 g/mol. The summed E-state index contributed by atoms with van der Waals surface area (Å²) in [6.07, 6.45) is 0. The summed E-state index contributed by atoms with van der Waals surface area (Å²) in [6.45, 7) is 3.52. The lowest BCUT2D eigenvalue weighted by Crippen LogP contribution is -2.48. The molecule has 0 N–H and O–H groups in total. The first-order valence-corrected chi connectivity index (χ1v) is 11.7. The third kappa shape index (κ3) is 4.46. The number of carbonyl (C=O) groups excluding carboxylic acids is 1. The Morgan fingerprint density at radius 1 is 1.03 bits per heavy atom. The lowest BCUT2D eigenvalue weighted by molar-refractivity contribution is -0.385. The predicted molar refractivity (Wildman–Crippen MR) is 125 cm³/mol. The molecule has 1 saturated heterocycles. The van der Waals surface area contributed by atoms with Crippen molar-refractivity contribution in [3.8, 4) is 21.9 Å². The topological polar surface area (TPSA) is 85.1 Å². The van der Waals surface area contributed by atoms with Gasteiger partial charge >= 0.3 is 0 Å². The van der Waals surface area contributed by atoms with Crippen LogP contribution >= 0.6 is 11.3 Å². The zero-order valence-electron chi connectivity index (χ0n) is 18.2. The molecular weight excluding hydrogens is 461 g/mol. The van der Waals surface area contributed by atoms with E-state index in [9.17, 15) is 19.3 Å². The van der Waals surface area contributed by atoms with Gasteiger partial charge in [-0.25, -0.2) is 4.39 Å². The second kappa shape index (κ2) is 9.40. The number of nitro groups is 1. The molecule has 3 aromatic rings. The van der Waals surface area contributed by atoms with Crippen molar-refractivity contribution < 1.29 is 23.6 Å². The van der Waals surface area contributed by atoms with Crippen molar-refractivity contribution in [3.05, 3.63) is 74.9 Å². The summed E-state index contributed by atoms with van der Waals surface area (Å²) in [5.41, 5.74) is 0.321. The summed E-state index contributed by atoms with van der Waals surface area (Å²) >= 11 is 1.55. The first-order chi connectivity index (χ1) is 16.5. The molecule has 0 unspecified atom stereocenters. The number of piperazine rings is 1. The Balaban J connectivity index is 1.24.